The molecule has 8 nitrogen and oxygen atoms in total. The first-order valence-corrected chi connectivity index (χ1v) is 13.0. The molecule has 0 spiro atoms. The number of rotatable bonds is 4. The SMILES string of the molecule is O=C1N=C(OCC2COCCO2)C=C2CN1CCc1cc(-c3ccc(N4CCCCC4)nc3)ccc12. The first kappa shape index (κ1) is 23.2. The molecular weight excluding hydrogens is 456 g/mol. The molecule has 1 unspecified atom stereocenters. The van der Waals surface area contributed by atoms with Gasteiger partial charge < -0.3 is 24.0 Å². The summed E-state index contributed by atoms with van der Waals surface area (Å²) in [6.45, 7) is 5.28. The van der Waals surface area contributed by atoms with Gasteiger partial charge >= 0.3 is 6.03 Å². The van der Waals surface area contributed by atoms with Crippen LogP contribution in [0.15, 0.2) is 47.6 Å². The lowest BCUT2D eigenvalue weighted by Gasteiger charge is -2.27. The minimum absolute atomic E-state index is 0.148. The lowest BCUT2D eigenvalue weighted by molar-refractivity contribution is -0.102. The molecule has 1 aromatic carbocycles. The van der Waals surface area contributed by atoms with Crippen LogP contribution in [0.5, 0.6) is 0 Å². The molecule has 1 atom stereocenters. The van der Waals surface area contributed by atoms with Crippen molar-refractivity contribution >= 4 is 23.3 Å². The van der Waals surface area contributed by atoms with E-state index in [9.17, 15) is 4.79 Å². The van der Waals surface area contributed by atoms with Crippen LogP contribution in [-0.4, -0.2) is 80.5 Å². The first-order valence-electron chi connectivity index (χ1n) is 13.0. The highest BCUT2D eigenvalue weighted by Gasteiger charge is 2.26. The summed E-state index contributed by atoms with van der Waals surface area (Å²) in [5, 5.41) is 0. The number of hydrogen-bond acceptors (Lipinski definition) is 6. The molecule has 188 valence electrons. The lowest BCUT2D eigenvalue weighted by atomic mass is 9.94. The Hall–Kier alpha value is -3.23. The number of aliphatic imine (C=N–C) groups is 1. The van der Waals surface area contributed by atoms with Gasteiger partial charge in [0.2, 0.25) is 5.90 Å². The smallest absolute Gasteiger partial charge is 0.347 e. The zero-order valence-corrected chi connectivity index (χ0v) is 20.5. The third-order valence-electron chi connectivity index (χ3n) is 7.30. The van der Waals surface area contributed by atoms with E-state index in [0.717, 1.165) is 47.6 Å². The van der Waals surface area contributed by atoms with Crippen molar-refractivity contribution in [2.24, 2.45) is 4.99 Å². The van der Waals surface area contributed by atoms with Gasteiger partial charge in [-0.1, -0.05) is 18.2 Å². The van der Waals surface area contributed by atoms with Gasteiger partial charge in [0.15, 0.2) is 0 Å². The van der Waals surface area contributed by atoms with Crippen LogP contribution in [0.1, 0.15) is 30.4 Å². The van der Waals surface area contributed by atoms with Crippen molar-refractivity contribution in [3.8, 4) is 11.1 Å². The molecule has 2 saturated heterocycles. The molecule has 4 aliphatic rings. The van der Waals surface area contributed by atoms with Crippen LogP contribution in [0.2, 0.25) is 0 Å². The quantitative estimate of drug-likeness (QED) is 0.649. The topological polar surface area (TPSA) is 76.5 Å². The molecule has 0 aliphatic carbocycles. The van der Waals surface area contributed by atoms with E-state index in [-0.39, 0.29) is 12.1 Å². The number of ether oxygens (including phenoxy) is 3. The monoisotopic (exact) mass is 488 g/mol. The van der Waals surface area contributed by atoms with E-state index in [2.05, 4.69) is 40.2 Å². The Balaban J connectivity index is 1.23. The molecule has 6 rings (SSSR count). The molecule has 2 fully saturated rings. The Labute approximate surface area is 211 Å². The van der Waals surface area contributed by atoms with E-state index < -0.39 is 0 Å². The van der Waals surface area contributed by atoms with Gasteiger partial charge in [-0.2, -0.15) is 4.99 Å². The number of piperidine rings is 1. The summed E-state index contributed by atoms with van der Waals surface area (Å²) < 4.78 is 17.0. The van der Waals surface area contributed by atoms with Crippen LogP contribution in [0.3, 0.4) is 0 Å². The number of aromatic nitrogens is 1. The average molecular weight is 489 g/mol. The third-order valence-corrected chi connectivity index (χ3v) is 7.30. The number of carbonyl (C=O) groups is 1. The Morgan fingerprint density at radius 1 is 1.00 bits per heavy atom. The van der Waals surface area contributed by atoms with Crippen LogP contribution in [0, 0.1) is 0 Å². The fourth-order valence-electron chi connectivity index (χ4n) is 5.30. The second kappa shape index (κ2) is 10.4. The van der Waals surface area contributed by atoms with Crippen molar-refractivity contribution in [1.82, 2.24) is 9.88 Å². The maximum Gasteiger partial charge on any atom is 0.347 e. The second-order valence-corrected chi connectivity index (χ2v) is 9.78. The molecular formula is C28H32N4O4. The summed E-state index contributed by atoms with van der Waals surface area (Å²) in [6.07, 6.45) is 8.31. The normalized spacial score (nSPS) is 22.2. The predicted molar refractivity (Wildman–Crippen MR) is 138 cm³/mol. The minimum atomic E-state index is -0.261. The van der Waals surface area contributed by atoms with Crippen molar-refractivity contribution in [2.75, 3.05) is 57.5 Å². The van der Waals surface area contributed by atoms with Crippen LogP contribution in [-0.2, 0) is 20.6 Å². The number of urea groups is 1. The Kier molecular flexibility index (Phi) is 6.70. The fraction of sp³-hybridized carbons (Fsp3) is 0.464. The Bertz CT molecular complexity index is 1160. The van der Waals surface area contributed by atoms with Gasteiger partial charge in [-0.3, -0.25) is 0 Å². The van der Waals surface area contributed by atoms with Gasteiger partial charge in [-0.05, 0) is 60.1 Å². The molecule has 0 radical (unpaired) electrons. The van der Waals surface area contributed by atoms with Crippen LogP contribution in [0.4, 0.5) is 10.6 Å². The number of nitrogens with zero attached hydrogens (tertiary/aromatic N) is 4. The molecule has 8 heteroatoms. The summed E-state index contributed by atoms with van der Waals surface area (Å²) in [6, 6.07) is 10.6. The van der Waals surface area contributed by atoms with Crippen molar-refractivity contribution in [1.29, 1.82) is 0 Å². The van der Waals surface area contributed by atoms with E-state index in [1.54, 1.807) is 4.90 Å². The highest BCUT2D eigenvalue weighted by atomic mass is 16.6. The number of fused-ring (bicyclic) bond motifs is 4. The maximum absolute atomic E-state index is 12.8. The fourth-order valence-corrected chi connectivity index (χ4v) is 5.30. The van der Waals surface area contributed by atoms with Gasteiger partial charge in [0.05, 0.1) is 19.8 Å². The average Bonchev–Trinajstić information content (AvgIpc) is 3.22. The van der Waals surface area contributed by atoms with Gasteiger partial charge in [0.1, 0.15) is 18.5 Å². The Morgan fingerprint density at radius 2 is 1.89 bits per heavy atom. The molecule has 5 heterocycles. The Morgan fingerprint density at radius 3 is 2.69 bits per heavy atom. The van der Waals surface area contributed by atoms with Crippen molar-refractivity contribution in [3.05, 3.63) is 53.7 Å². The highest BCUT2D eigenvalue weighted by Crippen LogP contribution is 2.31. The molecule has 2 bridgehead atoms. The molecule has 4 aliphatic heterocycles. The lowest BCUT2D eigenvalue weighted by Crippen LogP contribution is -2.33. The molecule has 1 aromatic heterocycles. The second-order valence-electron chi connectivity index (χ2n) is 9.78. The van der Waals surface area contributed by atoms with Crippen LogP contribution < -0.4 is 4.90 Å². The van der Waals surface area contributed by atoms with E-state index in [1.165, 1.54) is 24.8 Å². The summed E-state index contributed by atoms with van der Waals surface area (Å²) >= 11 is 0. The molecule has 2 aromatic rings. The summed E-state index contributed by atoms with van der Waals surface area (Å²) in [5.74, 6) is 1.40. The maximum atomic E-state index is 12.8. The minimum Gasteiger partial charge on any atom is -0.475 e. The number of carbonyl (C=O) groups excluding carboxylic acids is 1. The van der Waals surface area contributed by atoms with E-state index in [1.807, 2.05) is 12.3 Å². The zero-order valence-electron chi connectivity index (χ0n) is 20.5. The summed E-state index contributed by atoms with van der Waals surface area (Å²) in [4.78, 5) is 26.0. The van der Waals surface area contributed by atoms with Crippen molar-refractivity contribution in [2.45, 2.75) is 31.8 Å². The summed E-state index contributed by atoms with van der Waals surface area (Å²) in [5.41, 5.74) is 5.65. The van der Waals surface area contributed by atoms with E-state index in [0.29, 0.717) is 45.4 Å². The van der Waals surface area contributed by atoms with Crippen LogP contribution in [0.25, 0.3) is 16.7 Å². The van der Waals surface area contributed by atoms with Gasteiger partial charge in [-0.25, -0.2) is 9.78 Å². The van der Waals surface area contributed by atoms with Crippen molar-refractivity contribution in [3.63, 3.8) is 0 Å². The highest BCUT2D eigenvalue weighted by molar-refractivity contribution is 6.04. The molecule has 0 saturated carbocycles. The largest absolute Gasteiger partial charge is 0.475 e. The first-order chi connectivity index (χ1) is 17.7. The van der Waals surface area contributed by atoms with Crippen LogP contribution >= 0.6 is 0 Å². The molecule has 36 heavy (non-hydrogen) atoms. The third kappa shape index (κ3) is 5.01. The number of anilines is 1. The standard InChI is InChI=1S/C28H32N4O4/c33-28-30-27(36-19-24-18-34-12-13-35-24)15-23-17-32(28)11-8-21-14-20(4-6-25(21)23)22-5-7-26(29-16-22)31-9-2-1-3-10-31/h4-7,14-16,24H,1-3,8-13,17-19H2. The number of benzene rings is 1. The van der Waals surface area contributed by atoms with E-state index in [4.69, 9.17) is 19.2 Å². The van der Waals surface area contributed by atoms with Gasteiger partial charge in [-0.15, -0.1) is 0 Å². The molecule has 0 N–H and O–H groups in total. The van der Waals surface area contributed by atoms with E-state index >= 15 is 0 Å². The van der Waals surface area contributed by atoms with Gasteiger partial charge in [0, 0.05) is 44.0 Å². The number of pyridine rings is 1. The van der Waals surface area contributed by atoms with Crippen molar-refractivity contribution < 1.29 is 19.0 Å². The number of amides is 2. The predicted octanol–water partition coefficient (Wildman–Crippen LogP) is 3.94. The van der Waals surface area contributed by atoms with Gasteiger partial charge in [0.25, 0.3) is 0 Å². The zero-order chi connectivity index (χ0) is 24.3. The summed E-state index contributed by atoms with van der Waals surface area (Å²) in [7, 11) is 0. The molecule has 2 amide bonds. The number of hydrogen-bond donors (Lipinski definition) is 0.